The molecule has 4 rings (SSSR count). The Kier molecular flexibility index (Phi) is 6.02. The lowest BCUT2D eigenvalue weighted by molar-refractivity contribution is 0.0692. The lowest BCUT2D eigenvalue weighted by Crippen LogP contribution is -2.13. The summed E-state index contributed by atoms with van der Waals surface area (Å²) in [7, 11) is 0. The highest BCUT2D eigenvalue weighted by molar-refractivity contribution is 6.04. The van der Waals surface area contributed by atoms with E-state index in [2.05, 4.69) is 18.0 Å². The minimum atomic E-state index is -1.13. The molecule has 0 aliphatic rings. The third-order valence-corrected chi connectivity index (χ3v) is 5.65. The second-order valence-electron chi connectivity index (χ2n) is 7.63. The van der Waals surface area contributed by atoms with E-state index in [0.717, 1.165) is 24.0 Å². The van der Waals surface area contributed by atoms with Crippen LogP contribution in [0.1, 0.15) is 53.0 Å². The summed E-state index contributed by atoms with van der Waals surface area (Å²) in [6, 6.07) is 20.2. The maximum atomic E-state index is 12.2. The molecule has 2 aromatic carbocycles. The van der Waals surface area contributed by atoms with Crippen molar-refractivity contribution in [2.45, 2.75) is 32.4 Å². The van der Waals surface area contributed by atoms with Crippen molar-refractivity contribution in [2.75, 3.05) is 0 Å². The van der Waals surface area contributed by atoms with Crippen molar-refractivity contribution in [1.29, 1.82) is 5.26 Å². The fraction of sp³-hybridized carbons (Fsp3) is 0.192. The van der Waals surface area contributed by atoms with Crippen molar-refractivity contribution in [3.63, 3.8) is 0 Å². The summed E-state index contributed by atoms with van der Waals surface area (Å²) in [6.45, 7) is 2.63. The van der Waals surface area contributed by atoms with Crippen LogP contribution in [-0.4, -0.2) is 25.7 Å². The number of aryl methyl sites for hydroxylation is 1. The smallest absolute Gasteiger partial charge is 0.338 e. The molecule has 2 heterocycles. The molecular formula is C26H23N3O3. The van der Waals surface area contributed by atoms with E-state index < -0.39 is 12.1 Å². The molecular weight excluding hydrogens is 402 g/mol. The number of carbonyl (C=O) groups is 1. The van der Waals surface area contributed by atoms with Gasteiger partial charge in [0.05, 0.1) is 22.9 Å². The lowest BCUT2D eigenvalue weighted by Gasteiger charge is -2.17. The topological polar surface area (TPSA) is 99.1 Å². The summed E-state index contributed by atoms with van der Waals surface area (Å²) < 4.78 is 1.83. The van der Waals surface area contributed by atoms with Gasteiger partial charge in [0.25, 0.3) is 0 Å². The fourth-order valence-corrected chi connectivity index (χ4v) is 4.08. The number of aliphatic hydroxyl groups excluding tert-OH is 1. The average Bonchev–Trinajstić information content (AvgIpc) is 3.16. The molecule has 2 aromatic heterocycles. The first-order valence-corrected chi connectivity index (χ1v) is 10.5. The van der Waals surface area contributed by atoms with Gasteiger partial charge in [-0.05, 0) is 41.3 Å². The number of hydrogen-bond donors (Lipinski definition) is 2. The zero-order valence-corrected chi connectivity index (χ0v) is 17.7. The van der Waals surface area contributed by atoms with Crippen LogP contribution < -0.4 is 0 Å². The first-order chi connectivity index (χ1) is 15.6. The number of nitrogens with zero attached hydrogens (tertiary/aromatic N) is 3. The summed E-state index contributed by atoms with van der Waals surface area (Å²) in [5.74, 6) is -1.09. The van der Waals surface area contributed by atoms with Crippen LogP contribution in [0, 0.1) is 11.3 Å². The molecule has 4 aromatic rings. The van der Waals surface area contributed by atoms with Crippen molar-refractivity contribution in [3.05, 3.63) is 89.2 Å². The molecule has 0 radical (unpaired) electrons. The molecule has 0 spiro atoms. The van der Waals surface area contributed by atoms with Gasteiger partial charge in [0, 0.05) is 18.1 Å². The van der Waals surface area contributed by atoms with Gasteiger partial charge in [-0.25, -0.2) is 9.78 Å². The number of rotatable bonds is 7. The van der Waals surface area contributed by atoms with Gasteiger partial charge in [0.1, 0.15) is 11.8 Å². The molecule has 1 atom stereocenters. The number of benzene rings is 2. The highest BCUT2D eigenvalue weighted by Gasteiger charge is 2.28. The SMILES string of the molecule is CCCCn1c(C(O)c2ccc(-c3ccccc3C#N)cc2)c(C(=O)O)c2cccnc21. The normalized spacial score (nSPS) is 11.9. The number of hydrogen-bond acceptors (Lipinski definition) is 4. The van der Waals surface area contributed by atoms with E-state index in [4.69, 9.17) is 0 Å². The van der Waals surface area contributed by atoms with E-state index in [1.165, 1.54) is 0 Å². The quantitative estimate of drug-likeness (QED) is 0.426. The number of pyridine rings is 1. The third-order valence-electron chi connectivity index (χ3n) is 5.65. The highest BCUT2D eigenvalue weighted by Crippen LogP contribution is 2.34. The molecule has 0 bridgehead atoms. The third kappa shape index (κ3) is 3.75. The monoisotopic (exact) mass is 425 g/mol. The van der Waals surface area contributed by atoms with Crippen molar-refractivity contribution in [2.24, 2.45) is 0 Å². The summed E-state index contributed by atoms with van der Waals surface area (Å²) in [6.07, 6.45) is 2.27. The molecule has 0 aliphatic carbocycles. The first kappa shape index (κ1) is 21.3. The zero-order valence-electron chi connectivity index (χ0n) is 17.7. The molecule has 6 nitrogen and oxygen atoms in total. The van der Waals surface area contributed by atoms with Crippen molar-refractivity contribution in [1.82, 2.24) is 9.55 Å². The predicted molar refractivity (Wildman–Crippen MR) is 122 cm³/mol. The average molecular weight is 425 g/mol. The van der Waals surface area contributed by atoms with E-state index in [-0.39, 0.29) is 5.56 Å². The van der Waals surface area contributed by atoms with Crippen LogP contribution >= 0.6 is 0 Å². The number of aliphatic hydroxyl groups is 1. The first-order valence-electron chi connectivity index (χ1n) is 10.5. The standard InChI is InChI=1S/C26H23N3O3/c1-2-3-15-29-23(22(26(31)32)21-9-6-14-28-25(21)29)24(30)18-12-10-17(11-13-18)20-8-5-4-7-19(20)16-27/h4-14,24,30H,2-3,15H2,1H3,(H,31,32). The van der Waals surface area contributed by atoms with Crippen LogP contribution in [0.2, 0.25) is 0 Å². The number of unbranched alkanes of at least 4 members (excludes halogenated alkanes) is 1. The van der Waals surface area contributed by atoms with Gasteiger partial charge in [-0.3, -0.25) is 0 Å². The van der Waals surface area contributed by atoms with Gasteiger partial charge in [0.15, 0.2) is 0 Å². The summed E-state index contributed by atoms with van der Waals surface area (Å²) in [4.78, 5) is 16.6. The van der Waals surface area contributed by atoms with Crippen molar-refractivity contribution in [3.8, 4) is 17.2 Å². The Hall–Kier alpha value is -3.95. The maximum Gasteiger partial charge on any atom is 0.338 e. The van der Waals surface area contributed by atoms with E-state index in [0.29, 0.717) is 34.4 Å². The molecule has 0 fully saturated rings. The number of aromatic nitrogens is 2. The second-order valence-corrected chi connectivity index (χ2v) is 7.63. The Labute approximate surface area is 186 Å². The summed E-state index contributed by atoms with van der Waals surface area (Å²) in [5, 5.41) is 31.2. The summed E-state index contributed by atoms with van der Waals surface area (Å²) in [5.41, 5.74) is 3.78. The van der Waals surface area contributed by atoms with Crippen LogP contribution in [0.3, 0.4) is 0 Å². The Morgan fingerprint density at radius 1 is 1.12 bits per heavy atom. The molecule has 0 saturated heterocycles. The number of carboxylic acid groups (broad SMARTS) is 1. The van der Waals surface area contributed by atoms with Gasteiger partial charge in [-0.1, -0.05) is 55.8 Å². The Bertz CT molecular complexity index is 1320. The van der Waals surface area contributed by atoms with Gasteiger partial charge in [0.2, 0.25) is 0 Å². The van der Waals surface area contributed by atoms with Crippen LogP contribution in [0.5, 0.6) is 0 Å². The number of aromatic carboxylic acids is 1. The predicted octanol–water partition coefficient (Wildman–Crippen LogP) is 5.15. The lowest BCUT2D eigenvalue weighted by atomic mass is 9.96. The molecule has 0 saturated carbocycles. The molecule has 0 aliphatic heterocycles. The fourth-order valence-electron chi connectivity index (χ4n) is 4.08. The molecule has 32 heavy (non-hydrogen) atoms. The van der Waals surface area contributed by atoms with Crippen LogP contribution in [0.15, 0.2) is 66.9 Å². The van der Waals surface area contributed by atoms with E-state index >= 15 is 0 Å². The minimum absolute atomic E-state index is 0.0793. The van der Waals surface area contributed by atoms with Gasteiger partial charge in [-0.15, -0.1) is 0 Å². The van der Waals surface area contributed by atoms with Gasteiger partial charge < -0.3 is 14.8 Å². The van der Waals surface area contributed by atoms with E-state index in [9.17, 15) is 20.3 Å². The molecule has 160 valence electrons. The summed E-state index contributed by atoms with van der Waals surface area (Å²) >= 11 is 0. The zero-order chi connectivity index (χ0) is 22.7. The Morgan fingerprint density at radius 2 is 1.88 bits per heavy atom. The largest absolute Gasteiger partial charge is 0.478 e. The Morgan fingerprint density at radius 3 is 2.56 bits per heavy atom. The van der Waals surface area contributed by atoms with Crippen LogP contribution in [0.25, 0.3) is 22.2 Å². The number of carboxylic acids is 1. The van der Waals surface area contributed by atoms with Gasteiger partial charge in [-0.2, -0.15) is 5.26 Å². The van der Waals surface area contributed by atoms with E-state index in [1.807, 2.05) is 34.9 Å². The van der Waals surface area contributed by atoms with E-state index in [1.54, 1.807) is 36.5 Å². The van der Waals surface area contributed by atoms with Crippen LogP contribution in [-0.2, 0) is 6.54 Å². The molecule has 2 N–H and O–H groups in total. The minimum Gasteiger partial charge on any atom is -0.478 e. The van der Waals surface area contributed by atoms with Crippen LogP contribution in [0.4, 0.5) is 0 Å². The van der Waals surface area contributed by atoms with Crippen molar-refractivity contribution < 1.29 is 15.0 Å². The number of fused-ring (bicyclic) bond motifs is 1. The highest BCUT2D eigenvalue weighted by atomic mass is 16.4. The molecule has 6 heteroatoms. The molecule has 0 amide bonds. The Balaban J connectivity index is 1.81. The second kappa shape index (κ2) is 9.04. The number of nitriles is 1. The maximum absolute atomic E-state index is 12.2. The molecule has 1 unspecified atom stereocenters. The van der Waals surface area contributed by atoms with Gasteiger partial charge >= 0.3 is 5.97 Å². The van der Waals surface area contributed by atoms with Crippen molar-refractivity contribution >= 4 is 17.0 Å².